The Morgan fingerprint density at radius 1 is 0.889 bits per heavy atom. The zero-order valence-electron chi connectivity index (χ0n) is 18.9. The van der Waals surface area contributed by atoms with Gasteiger partial charge >= 0.3 is 5.97 Å². The molecule has 0 aliphatic rings. The summed E-state index contributed by atoms with van der Waals surface area (Å²) in [7, 11) is 0. The normalized spacial score (nSPS) is 12.6. The molecule has 1 heterocycles. The summed E-state index contributed by atoms with van der Waals surface area (Å²) < 4.78 is 5.20. The Labute approximate surface area is 217 Å². The molecule has 0 saturated heterocycles. The van der Waals surface area contributed by atoms with Gasteiger partial charge in [0.05, 0.1) is 10.0 Å². The van der Waals surface area contributed by atoms with Gasteiger partial charge < -0.3 is 20.1 Å². The maximum Gasteiger partial charge on any atom is 0.332 e. The maximum absolute atomic E-state index is 12.9. The number of aliphatic hydroxyl groups is 1. The minimum absolute atomic E-state index is 0.0645. The van der Waals surface area contributed by atoms with Gasteiger partial charge in [-0.2, -0.15) is 0 Å². The van der Waals surface area contributed by atoms with E-state index in [9.17, 15) is 19.8 Å². The minimum Gasteiger partial charge on any atom is -0.479 e. The number of carbonyl (C=O) groups is 2. The second kappa shape index (κ2) is 11.4. The third-order valence-corrected chi connectivity index (χ3v) is 6.36. The average molecular weight is 525 g/mol. The van der Waals surface area contributed by atoms with E-state index in [1.54, 1.807) is 18.2 Å². The number of aliphatic hydroxyl groups excluding tert-OH is 1. The first-order valence-electron chi connectivity index (χ1n) is 11.1. The van der Waals surface area contributed by atoms with Crippen molar-refractivity contribution in [2.24, 2.45) is 0 Å². The Hall–Kier alpha value is -3.65. The van der Waals surface area contributed by atoms with Gasteiger partial charge in [0.25, 0.3) is 5.91 Å². The molecule has 1 amide bonds. The van der Waals surface area contributed by atoms with E-state index in [0.29, 0.717) is 27.7 Å². The second-order valence-corrected chi connectivity index (χ2v) is 9.05. The highest BCUT2D eigenvalue weighted by Crippen LogP contribution is 2.28. The van der Waals surface area contributed by atoms with E-state index < -0.39 is 24.0 Å². The van der Waals surface area contributed by atoms with E-state index in [1.807, 2.05) is 54.6 Å². The van der Waals surface area contributed by atoms with Crippen molar-refractivity contribution in [2.75, 3.05) is 0 Å². The summed E-state index contributed by atoms with van der Waals surface area (Å²) in [6, 6.07) is 23.3. The van der Waals surface area contributed by atoms with E-state index >= 15 is 0 Å². The van der Waals surface area contributed by atoms with Crippen LogP contribution in [0.4, 0.5) is 0 Å². The lowest BCUT2D eigenvalue weighted by atomic mass is 9.97. The number of aliphatic carboxylic acids is 1. The molecule has 36 heavy (non-hydrogen) atoms. The molecule has 0 bridgehead atoms. The molecule has 2 atom stereocenters. The molecular weight excluding hydrogens is 503 g/mol. The molecule has 184 valence electrons. The van der Waals surface area contributed by atoms with E-state index in [2.05, 4.69) is 10.5 Å². The van der Waals surface area contributed by atoms with Crippen LogP contribution in [0.3, 0.4) is 0 Å². The molecule has 0 saturated carbocycles. The summed E-state index contributed by atoms with van der Waals surface area (Å²) in [6.07, 6.45) is -1.52. The summed E-state index contributed by atoms with van der Waals surface area (Å²) in [5.41, 5.74) is 3.97. The molecular formula is C27H22Cl2N2O5. The molecule has 0 unspecified atom stereocenters. The third kappa shape index (κ3) is 6.31. The lowest BCUT2D eigenvalue weighted by Crippen LogP contribution is -2.40. The number of hydrogen-bond donors (Lipinski definition) is 3. The van der Waals surface area contributed by atoms with Crippen LogP contribution in [0.2, 0.25) is 10.0 Å². The third-order valence-electron chi connectivity index (χ3n) is 5.62. The van der Waals surface area contributed by atoms with Gasteiger partial charge in [0, 0.05) is 24.1 Å². The van der Waals surface area contributed by atoms with Crippen LogP contribution < -0.4 is 5.32 Å². The Kier molecular flexibility index (Phi) is 8.05. The number of carboxylic acid groups (broad SMARTS) is 1. The van der Waals surface area contributed by atoms with E-state index in [-0.39, 0.29) is 12.2 Å². The quantitative estimate of drug-likeness (QED) is 0.266. The largest absolute Gasteiger partial charge is 0.479 e. The van der Waals surface area contributed by atoms with Crippen LogP contribution in [-0.2, 0) is 11.2 Å². The number of aromatic nitrogens is 1. The van der Waals surface area contributed by atoms with Gasteiger partial charge in [-0.15, -0.1) is 0 Å². The van der Waals surface area contributed by atoms with Crippen molar-refractivity contribution in [1.82, 2.24) is 10.5 Å². The first kappa shape index (κ1) is 25.4. The zero-order chi connectivity index (χ0) is 25.7. The van der Waals surface area contributed by atoms with Crippen LogP contribution in [0, 0.1) is 0 Å². The predicted molar refractivity (Wildman–Crippen MR) is 137 cm³/mol. The van der Waals surface area contributed by atoms with Gasteiger partial charge in [-0.3, -0.25) is 4.79 Å². The molecule has 1 aromatic heterocycles. The molecule has 0 fully saturated rings. The summed E-state index contributed by atoms with van der Waals surface area (Å²) in [6.45, 7) is 0. The number of benzene rings is 3. The summed E-state index contributed by atoms with van der Waals surface area (Å²) in [5, 5.41) is 26.5. The first-order valence-corrected chi connectivity index (χ1v) is 11.8. The van der Waals surface area contributed by atoms with Crippen molar-refractivity contribution in [3.8, 4) is 22.4 Å². The molecule has 4 rings (SSSR count). The van der Waals surface area contributed by atoms with Gasteiger partial charge in [0.2, 0.25) is 5.76 Å². The Balaban J connectivity index is 1.49. The number of nitrogens with one attached hydrogen (secondary N) is 1. The van der Waals surface area contributed by atoms with Crippen molar-refractivity contribution in [3.05, 3.63) is 100 Å². The van der Waals surface area contributed by atoms with Crippen LogP contribution in [0.15, 0.2) is 83.4 Å². The Morgan fingerprint density at radius 3 is 2.22 bits per heavy atom. The molecule has 0 radical (unpaired) electrons. The molecule has 3 N–H and O–H groups in total. The van der Waals surface area contributed by atoms with Gasteiger partial charge in [0.15, 0.2) is 6.10 Å². The van der Waals surface area contributed by atoms with Crippen LogP contribution in [-0.4, -0.2) is 39.4 Å². The molecule has 9 heteroatoms. The van der Waals surface area contributed by atoms with Gasteiger partial charge in [-0.1, -0.05) is 89.0 Å². The van der Waals surface area contributed by atoms with Gasteiger partial charge in [-0.25, -0.2) is 4.79 Å². The zero-order valence-corrected chi connectivity index (χ0v) is 20.4. The summed E-state index contributed by atoms with van der Waals surface area (Å²) in [5.74, 6) is -2.02. The number of halogens is 2. The average Bonchev–Trinajstić information content (AvgIpc) is 3.37. The Bertz CT molecular complexity index is 1360. The highest BCUT2D eigenvalue weighted by atomic mass is 35.5. The van der Waals surface area contributed by atoms with Crippen molar-refractivity contribution in [2.45, 2.75) is 25.0 Å². The topological polar surface area (TPSA) is 113 Å². The lowest BCUT2D eigenvalue weighted by molar-refractivity contribution is -0.147. The standard InChI is InChI=1S/C27H22Cl2N2O5/c28-21-11-10-19(13-22(21)29)23-15-25(36-31-23)26(33)30-20(14-24(32)27(34)35)12-16-6-8-18(9-7-16)17-4-2-1-3-5-17/h1-11,13,15,20,24,32H,12,14H2,(H,30,33)(H,34,35)/t20-,24-/m1/s1. The fourth-order valence-corrected chi connectivity index (χ4v) is 4.04. The number of hydrogen-bond acceptors (Lipinski definition) is 5. The van der Waals surface area contributed by atoms with Crippen LogP contribution in [0.5, 0.6) is 0 Å². The van der Waals surface area contributed by atoms with Crippen LogP contribution >= 0.6 is 23.2 Å². The van der Waals surface area contributed by atoms with Crippen LogP contribution in [0.1, 0.15) is 22.5 Å². The maximum atomic E-state index is 12.9. The number of nitrogens with zero attached hydrogens (tertiary/aromatic N) is 1. The highest BCUT2D eigenvalue weighted by molar-refractivity contribution is 6.42. The first-order chi connectivity index (χ1) is 17.3. The van der Waals surface area contributed by atoms with Crippen molar-refractivity contribution >= 4 is 35.1 Å². The number of rotatable bonds is 9. The monoisotopic (exact) mass is 524 g/mol. The number of carbonyl (C=O) groups excluding carboxylic acids is 1. The molecule has 4 aromatic rings. The fraction of sp³-hybridized carbons (Fsp3) is 0.148. The summed E-state index contributed by atoms with van der Waals surface area (Å²) in [4.78, 5) is 24.1. The van der Waals surface area contributed by atoms with Crippen LogP contribution in [0.25, 0.3) is 22.4 Å². The van der Waals surface area contributed by atoms with E-state index in [1.165, 1.54) is 6.07 Å². The molecule has 7 nitrogen and oxygen atoms in total. The highest BCUT2D eigenvalue weighted by Gasteiger charge is 2.24. The smallest absolute Gasteiger partial charge is 0.332 e. The van der Waals surface area contributed by atoms with Gasteiger partial charge in [-0.05, 0) is 35.2 Å². The Morgan fingerprint density at radius 2 is 1.56 bits per heavy atom. The lowest BCUT2D eigenvalue weighted by Gasteiger charge is -2.20. The molecule has 3 aromatic carbocycles. The number of amides is 1. The minimum atomic E-state index is -1.64. The molecule has 0 spiro atoms. The van der Waals surface area contributed by atoms with E-state index in [4.69, 9.17) is 27.7 Å². The second-order valence-electron chi connectivity index (χ2n) is 8.23. The van der Waals surface area contributed by atoms with E-state index in [0.717, 1.165) is 16.7 Å². The fourth-order valence-electron chi connectivity index (χ4n) is 3.74. The predicted octanol–water partition coefficient (Wildman–Crippen LogP) is 5.49. The number of carboxylic acids is 1. The summed E-state index contributed by atoms with van der Waals surface area (Å²) >= 11 is 12.0. The van der Waals surface area contributed by atoms with Crippen molar-refractivity contribution in [1.29, 1.82) is 0 Å². The molecule has 0 aliphatic heterocycles. The molecule has 0 aliphatic carbocycles. The van der Waals surface area contributed by atoms with Gasteiger partial charge in [0.1, 0.15) is 5.69 Å². The SMILES string of the molecule is O=C(N[C@H](Cc1ccc(-c2ccccc2)cc1)C[C@@H](O)C(=O)O)c1cc(-c2ccc(Cl)c(Cl)c2)no1. The van der Waals surface area contributed by atoms with Crippen molar-refractivity contribution < 1.29 is 24.3 Å². The van der Waals surface area contributed by atoms with Crippen molar-refractivity contribution in [3.63, 3.8) is 0 Å².